The van der Waals surface area contributed by atoms with E-state index in [2.05, 4.69) is 6.92 Å². The standard InChI is InChI=1S/C21H44O4S/c1-3-5-7-8-9-10-13-16-20(22)17-14-11-12-15-19-21(18-6-4-2)26(23,24)25/h20-22H,3-19H2,1-2H3,(H,23,24,25). The lowest BCUT2D eigenvalue weighted by Gasteiger charge is -2.13. The van der Waals surface area contributed by atoms with Gasteiger partial charge in [-0.05, 0) is 25.7 Å². The molecule has 0 bridgehead atoms. The van der Waals surface area contributed by atoms with Gasteiger partial charge >= 0.3 is 0 Å². The van der Waals surface area contributed by atoms with Crippen LogP contribution >= 0.6 is 0 Å². The summed E-state index contributed by atoms with van der Waals surface area (Å²) in [6.07, 6.45) is 17.3. The van der Waals surface area contributed by atoms with Crippen molar-refractivity contribution in [2.75, 3.05) is 0 Å². The quantitative estimate of drug-likeness (QED) is 0.200. The van der Waals surface area contributed by atoms with Crippen molar-refractivity contribution in [3.63, 3.8) is 0 Å². The van der Waals surface area contributed by atoms with Crippen molar-refractivity contribution >= 4 is 10.1 Å². The van der Waals surface area contributed by atoms with Crippen molar-refractivity contribution in [2.24, 2.45) is 0 Å². The summed E-state index contributed by atoms with van der Waals surface area (Å²) in [5.41, 5.74) is 0. The van der Waals surface area contributed by atoms with Crippen LogP contribution in [0.1, 0.15) is 123 Å². The van der Waals surface area contributed by atoms with E-state index in [9.17, 15) is 18.1 Å². The van der Waals surface area contributed by atoms with Gasteiger partial charge in [-0.1, -0.05) is 97.3 Å². The third-order valence-electron chi connectivity index (χ3n) is 5.26. The van der Waals surface area contributed by atoms with E-state index in [4.69, 9.17) is 0 Å². The zero-order valence-electron chi connectivity index (χ0n) is 17.3. The zero-order valence-corrected chi connectivity index (χ0v) is 18.1. The van der Waals surface area contributed by atoms with Gasteiger partial charge in [-0.2, -0.15) is 8.42 Å². The first-order chi connectivity index (χ1) is 12.4. The Kier molecular flexibility index (Phi) is 16.9. The lowest BCUT2D eigenvalue weighted by molar-refractivity contribution is 0.147. The number of aliphatic hydroxyl groups is 1. The fourth-order valence-corrected chi connectivity index (χ4v) is 4.39. The summed E-state index contributed by atoms with van der Waals surface area (Å²) < 4.78 is 32.0. The van der Waals surface area contributed by atoms with Crippen molar-refractivity contribution < 1.29 is 18.1 Å². The maximum Gasteiger partial charge on any atom is 0.267 e. The molecule has 0 saturated carbocycles. The van der Waals surface area contributed by atoms with Gasteiger partial charge in [-0.25, -0.2) is 0 Å². The van der Waals surface area contributed by atoms with Gasteiger partial charge in [-0.3, -0.25) is 4.55 Å². The summed E-state index contributed by atoms with van der Waals surface area (Å²) in [5.74, 6) is 0. The van der Waals surface area contributed by atoms with Crippen LogP contribution in [0.15, 0.2) is 0 Å². The van der Waals surface area contributed by atoms with E-state index in [1.54, 1.807) is 0 Å². The molecule has 4 nitrogen and oxygen atoms in total. The molecule has 5 heteroatoms. The first-order valence-corrected chi connectivity index (χ1v) is 12.6. The molecule has 2 unspecified atom stereocenters. The van der Waals surface area contributed by atoms with Gasteiger partial charge < -0.3 is 5.11 Å². The Balaban J connectivity index is 3.57. The minimum Gasteiger partial charge on any atom is -0.393 e. The second-order valence-electron chi connectivity index (χ2n) is 7.83. The molecule has 0 heterocycles. The maximum absolute atomic E-state index is 11.4. The molecule has 0 aliphatic heterocycles. The normalized spacial score (nSPS) is 14.5. The van der Waals surface area contributed by atoms with Gasteiger partial charge in [0.1, 0.15) is 0 Å². The highest BCUT2D eigenvalue weighted by Crippen LogP contribution is 2.18. The van der Waals surface area contributed by atoms with E-state index in [1.807, 2.05) is 6.92 Å². The number of unbranched alkanes of at least 4 members (excludes halogenated alkanes) is 10. The Hall–Kier alpha value is -0.130. The van der Waals surface area contributed by atoms with Crippen LogP contribution in [0, 0.1) is 0 Å². The summed E-state index contributed by atoms with van der Waals surface area (Å²) in [4.78, 5) is 0. The molecule has 0 saturated heterocycles. The monoisotopic (exact) mass is 392 g/mol. The molecule has 2 atom stereocenters. The van der Waals surface area contributed by atoms with E-state index < -0.39 is 15.4 Å². The average molecular weight is 393 g/mol. The third kappa shape index (κ3) is 16.1. The van der Waals surface area contributed by atoms with Gasteiger partial charge in [0.25, 0.3) is 10.1 Å². The SMILES string of the molecule is CCCCCCCCCC(O)CCCCCCC(CCCC)S(=O)(=O)O. The lowest BCUT2D eigenvalue weighted by Crippen LogP contribution is -2.20. The van der Waals surface area contributed by atoms with Crippen LogP contribution in [0.3, 0.4) is 0 Å². The van der Waals surface area contributed by atoms with Crippen LogP contribution in [0.25, 0.3) is 0 Å². The molecule has 0 aromatic rings. The van der Waals surface area contributed by atoms with Crippen LogP contribution < -0.4 is 0 Å². The number of aliphatic hydroxyl groups excluding tert-OH is 1. The molecule has 0 aliphatic rings. The van der Waals surface area contributed by atoms with Gasteiger partial charge in [0.15, 0.2) is 0 Å². The van der Waals surface area contributed by atoms with Crippen molar-refractivity contribution in [1.29, 1.82) is 0 Å². The van der Waals surface area contributed by atoms with Crippen LogP contribution in [0.4, 0.5) is 0 Å². The van der Waals surface area contributed by atoms with E-state index in [0.717, 1.165) is 57.8 Å². The van der Waals surface area contributed by atoms with Crippen LogP contribution in [-0.2, 0) is 10.1 Å². The number of hydrogen-bond acceptors (Lipinski definition) is 3. The van der Waals surface area contributed by atoms with Crippen LogP contribution in [-0.4, -0.2) is 29.4 Å². The molecule has 0 aromatic heterocycles. The molecule has 0 aromatic carbocycles. The van der Waals surface area contributed by atoms with E-state index in [1.165, 1.54) is 38.5 Å². The largest absolute Gasteiger partial charge is 0.393 e. The molecule has 0 fully saturated rings. The Morgan fingerprint density at radius 2 is 1.00 bits per heavy atom. The van der Waals surface area contributed by atoms with Gasteiger partial charge in [-0.15, -0.1) is 0 Å². The van der Waals surface area contributed by atoms with Gasteiger partial charge in [0.2, 0.25) is 0 Å². The Morgan fingerprint density at radius 3 is 1.46 bits per heavy atom. The number of rotatable bonds is 19. The second kappa shape index (κ2) is 17.0. The summed E-state index contributed by atoms with van der Waals surface area (Å²) in [6, 6.07) is 0. The minimum atomic E-state index is -3.90. The second-order valence-corrected chi connectivity index (χ2v) is 9.53. The summed E-state index contributed by atoms with van der Waals surface area (Å²) in [7, 11) is -3.90. The molecule has 0 radical (unpaired) electrons. The average Bonchev–Trinajstić information content (AvgIpc) is 2.58. The molecule has 0 aliphatic carbocycles. The Morgan fingerprint density at radius 1 is 0.615 bits per heavy atom. The first kappa shape index (κ1) is 25.9. The molecule has 0 amide bonds. The maximum atomic E-state index is 11.4. The smallest absolute Gasteiger partial charge is 0.267 e. The predicted molar refractivity (Wildman–Crippen MR) is 111 cm³/mol. The fourth-order valence-electron chi connectivity index (χ4n) is 3.46. The van der Waals surface area contributed by atoms with Crippen molar-refractivity contribution in [2.45, 2.75) is 134 Å². The third-order valence-corrected chi connectivity index (χ3v) is 6.57. The summed E-state index contributed by atoms with van der Waals surface area (Å²) >= 11 is 0. The zero-order chi connectivity index (χ0) is 19.7. The Bertz CT molecular complexity index is 395. The molecule has 0 rings (SSSR count). The van der Waals surface area contributed by atoms with E-state index >= 15 is 0 Å². The van der Waals surface area contributed by atoms with Crippen LogP contribution in [0.5, 0.6) is 0 Å². The number of hydrogen-bond donors (Lipinski definition) is 2. The fraction of sp³-hybridized carbons (Fsp3) is 1.00. The predicted octanol–water partition coefficient (Wildman–Crippen LogP) is 6.28. The molecule has 0 spiro atoms. The highest BCUT2D eigenvalue weighted by molar-refractivity contribution is 7.86. The van der Waals surface area contributed by atoms with Crippen LogP contribution in [0.2, 0.25) is 0 Å². The first-order valence-electron chi connectivity index (χ1n) is 11.1. The minimum absolute atomic E-state index is 0.180. The van der Waals surface area contributed by atoms with Gasteiger partial charge in [0.05, 0.1) is 11.4 Å². The highest BCUT2D eigenvalue weighted by atomic mass is 32.2. The summed E-state index contributed by atoms with van der Waals surface area (Å²) in [6.45, 7) is 4.26. The lowest BCUT2D eigenvalue weighted by atomic mass is 10.0. The molecule has 26 heavy (non-hydrogen) atoms. The van der Waals surface area contributed by atoms with Gasteiger partial charge in [0, 0.05) is 0 Å². The van der Waals surface area contributed by atoms with Crippen molar-refractivity contribution in [3.8, 4) is 0 Å². The van der Waals surface area contributed by atoms with Crippen molar-refractivity contribution in [3.05, 3.63) is 0 Å². The molecular weight excluding hydrogens is 348 g/mol. The molecular formula is C21H44O4S. The van der Waals surface area contributed by atoms with E-state index in [-0.39, 0.29) is 6.10 Å². The summed E-state index contributed by atoms with van der Waals surface area (Å²) in [5, 5.41) is 9.43. The molecule has 158 valence electrons. The Labute approximate surface area is 162 Å². The topological polar surface area (TPSA) is 74.6 Å². The van der Waals surface area contributed by atoms with E-state index in [0.29, 0.717) is 12.8 Å². The molecule has 2 N–H and O–H groups in total. The van der Waals surface area contributed by atoms with Crippen molar-refractivity contribution in [1.82, 2.24) is 0 Å². The highest BCUT2D eigenvalue weighted by Gasteiger charge is 2.21.